The SMILES string of the molecule is COCCN(C(=O)c1cn(CCN)cn1)C1CCSC1. The van der Waals surface area contributed by atoms with E-state index in [9.17, 15) is 4.79 Å². The van der Waals surface area contributed by atoms with Crippen LogP contribution in [-0.4, -0.2) is 64.7 Å². The second kappa shape index (κ2) is 7.66. The Balaban J connectivity index is 2.07. The Morgan fingerprint density at radius 1 is 1.70 bits per heavy atom. The van der Waals surface area contributed by atoms with Gasteiger partial charge in [0, 0.05) is 44.7 Å². The minimum absolute atomic E-state index is 0.00896. The number of nitrogens with zero attached hydrogens (tertiary/aromatic N) is 3. The molecule has 1 fully saturated rings. The number of imidazole rings is 1. The molecule has 1 aromatic heterocycles. The molecule has 1 saturated heterocycles. The number of carbonyl (C=O) groups excluding carboxylic acids is 1. The van der Waals surface area contributed by atoms with Crippen molar-refractivity contribution < 1.29 is 9.53 Å². The van der Waals surface area contributed by atoms with Gasteiger partial charge in [-0.05, 0) is 12.2 Å². The molecule has 20 heavy (non-hydrogen) atoms. The molecule has 0 aromatic carbocycles. The van der Waals surface area contributed by atoms with Gasteiger partial charge < -0.3 is 19.9 Å². The summed E-state index contributed by atoms with van der Waals surface area (Å²) in [7, 11) is 1.65. The summed E-state index contributed by atoms with van der Waals surface area (Å²) in [6.45, 7) is 2.38. The lowest BCUT2D eigenvalue weighted by Gasteiger charge is -2.27. The van der Waals surface area contributed by atoms with Gasteiger partial charge in [-0.25, -0.2) is 4.98 Å². The smallest absolute Gasteiger partial charge is 0.274 e. The maximum atomic E-state index is 12.6. The molecule has 2 heterocycles. The number of ether oxygens (including phenoxy) is 1. The van der Waals surface area contributed by atoms with Crippen molar-refractivity contribution in [2.75, 3.05) is 38.3 Å². The zero-order chi connectivity index (χ0) is 14.4. The van der Waals surface area contributed by atoms with Gasteiger partial charge in [-0.2, -0.15) is 11.8 Å². The topological polar surface area (TPSA) is 73.4 Å². The summed E-state index contributed by atoms with van der Waals surface area (Å²) in [5.41, 5.74) is 6.00. The summed E-state index contributed by atoms with van der Waals surface area (Å²) in [4.78, 5) is 18.7. The molecule has 1 aliphatic rings. The Morgan fingerprint density at radius 3 is 3.20 bits per heavy atom. The van der Waals surface area contributed by atoms with Crippen molar-refractivity contribution in [1.82, 2.24) is 14.5 Å². The maximum absolute atomic E-state index is 12.6. The van der Waals surface area contributed by atoms with Crippen LogP contribution in [0.2, 0.25) is 0 Å². The average Bonchev–Trinajstić information content (AvgIpc) is 3.10. The number of amides is 1. The van der Waals surface area contributed by atoms with Crippen LogP contribution >= 0.6 is 11.8 Å². The Morgan fingerprint density at radius 2 is 2.55 bits per heavy atom. The first-order chi connectivity index (χ1) is 9.76. The van der Waals surface area contributed by atoms with Crippen LogP contribution in [0.3, 0.4) is 0 Å². The van der Waals surface area contributed by atoms with Crippen molar-refractivity contribution in [2.45, 2.75) is 19.0 Å². The first-order valence-corrected chi connectivity index (χ1v) is 8.01. The molecule has 2 rings (SSSR count). The Labute approximate surface area is 123 Å². The van der Waals surface area contributed by atoms with E-state index >= 15 is 0 Å². The van der Waals surface area contributed by atoms with Crippen molar-refractivity contribution >= 4 is 17.7 Å². The van der Waals surface area contributed by atoms with Crippen molar-refractivity contribution in [1.29, 1.82) is 0 Å². The van der Waals surface area contributed by atoms with Gasteiger partial charge in [0.1, 0.15) is 5.69 Å². The molecule has 112 valence electrons. The zero-order valence-electron chi connectivity index (χ0n) is 11.8. The van der Waals surface area contributed by atoms with E-state index < -0.39 is 0 Å². The van der Waals surface area contributed by atoms with Crippen LogP contribution in [0.5, 0.6) is 0 Å². The number of hydrogen-bond acceptors (Lipinski definition) is 5. The molecule has 0 aliphatic carbocycles. The highest BCUT2D eigenvalue weighted by molar-refractivity contribution is 7.99. The van der Waals surface area contributed by atoms with Crippen LogP contribution in [-0.2, 0) is 11.3 Å². The molecule has 1 atom stereocenters. The van der Waals surface area contributed by atoms with Gasteiger partial charge in [0.15, 0.2) is 0 Å². The van der Waals surface area contributed by atoms with E-state index in [1.54, 1.807) is 19.6 Å². The quantitative estimate of drug-likeness (QED) is 0.790. The van der Waals surface area contributed by atoms with E-state index in [0.717, 1.165) is 17.9 Å². The van der Waals surface area contributed by atoms with Crippen molar-refractivity contribution in [3.8, 4) is 0 Å². The lowest BCUT2D eigenvalue weighted by Crippen LogP contribution is -2.42. The molecule has 7 heteroatoms. The predicted octanol–water partition coefficient (Wildman–Crippen LogP) is 0.436. The van der Waals surface area contributed by atoms with Gasteiger partial charge in [0.05, 0.1) is 12.9 Å². The average molecular weight is 298 g/mol. The molecule has 0 radical (unpaired) electrons. The van der Waals surface area contributed by atoms with Crippen LogP contribution in [0, 0.1) is 0 Å². The highest BCUT2D eigenvalue weighted by Crippen LogP contribution is 2.23. The number of methoxy groups -OCH3 is 1. The van der Waals surface area contributed by atoms with E-state index in [2.05, 4.69) is 4.98 Å². The lowest BCUT2D eigenvalue weighted by molar-refractivity contribution is 0.0619. The molecule has 0 bridgehead atoms. The van der Waals surface area contributed by atoms with Crippen molar-refractivity contribution in [3.63, 3.8) is 0 Å². The maximum Gasteiger partial charge on any atom is 0.274 e. The largest absolute Gasteiger partial charge is 0.383 e. The predicted molar refractivity (Wildman–Crippen MR) is 79.9 cm³/mol. The number of hydrogen-bond donors (Lipinski definition) is 1. The number of carbonyl (C=O) groups is 1. The third kappa shape index (κ3) is 3.74. The van der Waals surface area contributed by atoms with Gasteiger partial charge in [0.2, 0.25) is 0 Å². The van der Waals surface area contributed by atoms with Gasteiger partial charge in [-0.1, -0.05) is 0 Å². The number of aromatic nitrogens is 2. The third-order valence-corrected chi connectivity index (χ3v) is 4.53. The van der Waals surface area contributed by atoms with Crippen molar-refractivity contribution in [2.24, 2.45) is 5.73 Å². The normalized spacial score (nSPS) is 18.4. The Hall–Kier alpha value is -1.05. The second-order valence-electron chi connectivity index (χ2n) is 4.79. The summed E-state index contributed by atoms with van der Waals surface area (Å²) < 4.78 is 6.97. The van der Waals surface area contributed by atoms with E-state index in [1.807, 2.05) is 21.2 Å². The van der Waals surface area contributed by atoms with Crippen LogP contribution in [0.4, 0.5) is 0 Å². The van der Waals surface area contributed by atoms with Crippen LogP contribution in [0.25, 0.3) is 0 Å². The molecular weight excluding hydrogens is 276 g/mol. The fraction of sp³-hybridized carbons (Fsp3) is 0.692. The molecule has 2 N–H and O–H groups in total. The summed E-state index contributed by atoms with van der Waals surface area (Å²) >= 11 is 1.89. The molecule has 1 aromatic rings. The first-order valence-electron chi connectivity index (χ1n) is 6.85. The Bertz CT molecular complexity index is 432. The highest BCUT2D eigenvalue weighted by Gasteiger charge is 2.28. The molecule has 0 saturated carbocycles. The van der Waals surface area contributed by atoms with E-state index in [4.69, 9.17) is 10.5 Å². The fourth-order valence-corrected chi connectivity index (χ4v) is 3.52. The van der Waals surface area contributed by atoms with E-state index in [1.165, 1.54) is 0 Å². The second-order valence-corrected chi connectivity index (χ2v) is 5.94. The van der Waals surface area contributed by atoms with Gasteiger partial charge in [0.25, 0.3) is 5.91 Å². The molecule has 1 amide bonds. The zero-order valence-corrected chi connectivity index (χ0v) is 12.6. The summed E-state index contributed by atoms with van der Waals surface area (Å²) in [6.07, 6.45) is 4.48. The fourth-order valence-electron chi connectivity index (χ4n) is 2.30. The third-order valence-electron chi connectivity index (χ3n) is 3.38. The molecular formula is C13H22N4O2S. The number of rotatable bonds is 7. The molecule has 6 nitrogen and oxygen atoms in total. The van der Waals surface area contributed by atoms with Crippen LogP contribution in [0.1, 0.15) is 16.9 Å². The number of nitrogens with two attached hydrogens (primary N) is 1. The summed E-state index contributed by atoms with van der Waals surface area (Å²) in [5.74, 6) is 2.10. The molecule has 1 aliphatic heterocycles. The number of thioether (sulfide) groups is 1. The summed E-state index contributed by atoms with van der Waals surface area (Å²) in [6, 6.07) is 0.294. The van der Waals surface area contributed by atoms with Gasteiger partial charge in [-0.3, -0.25) is 4.79 Å². The lowest BCUT2D eigenvalue weighted by atomic mass is 10.2. The first kappa shape index (κ1) is 15.3. The standard InChI is InChI=1S/C13H22N4O2S/c1-19-6-5-17(11-2-7-20-9-11)13(18)12-8-16(4-3-14)10-15-12/h8,10-11H,2-7,9,14H2,1H3. The monoisotopic (exact) mass is 298 g/mol. The minimum Gasteiger partial charge on any atom is -0.383 e. The Kier molecular flexibility index (Phi) is 5.87. The van der Waals surface area contributed by atoms with Crippen LogP contribution in [0.15, 0.2) is 12.5 Å². The van der Waals surface area contributed by atoms with E-state index in [0.29, 0.717) is 38.0 Å². The highest BCUT2D eigenvalue weighted by atomic mass is 32.2. The van der Waals surface area contributed by atoms with Gasteiger partial charge in [-0.15, -0.1) is 0 Å². The molecule has 0 spiro atoms. The van der Waals surface area contributed by atoms with Crippen molar-refractivity contribution in [3.05, 3.63) is 18.2 Å². The van der Waals surface area contributed by atoms with E-state index in [-0.39, 0.29) is 5.91 Å². The van der Waals surface area contributed by atoms with Crippen LogP contribution < -0.4 is 5.73 Å². The summed E-state index contributed by atoms with van der Waals surface area (Å²) in [5, 5.41) is 0. The van der Waals surface area contributed by atoms with Gasteiger partial charge >= 0.3 is 0 Å². The molecule has 1 unspecified atom stereocenters. The minimum atomic E-state index is -0.00896.